The van der Waals surface area contributed by atoms with E-state index in [9.17, 15) is 13.2 Å². The topological polar surface area (TPSA) is 50.1 Å². The molecule has 1 saturated heterocycles. The van der Waals surface area contributed by atoms with E-state index in [1.54, 1.807) is 6.20 Å². The third-order valence-electron chi connectivity index (χ3n) is 4.84. The lowest BCUT2D eigenvalue weighted by atomic mass is 10.1. The quantitative estimate of drug-likeness (QED) is 0.796. The SMILES string of the molecule is CC(C)c1cc(C(F)(F)F)nc(N2CCN(CCc3nccn3C)CC2)n1. The highest BCUT2D eigenvalue weighted by atomic mass is 19.4. The van der Waals surface area contributed by atoms with Crippen LogP contribution in [0.1, 0.15) is 37.0 Å². The summed E-state index contributed by atoms with van der Waals surface area (Å²) in [4.78, 5) is 16.6. The van der Waals surface area contributed by atoms with Gasteiger partial charge in [-0.25, -0.2) is 15.0 Å². The number of hydrogen-bond acceptors (Lipinski definition) is 5. The summed E-state index contributed by atoms with van der Waals surface area (Å²) in [6.07, 6.45) is 0.0847. The zero-order valence-corrected chi connectivity index (χ0v) is 15.9. The van der Waals surface area contributed by atoms with E-state index in [4.69, 9.17) is 0 Å². The van der Waals surface area contributed by atoms with Crippen LogP contribution in [0.25, 0.3) is 0 Å². The third-order valence-corrected chi connectivity index (χ3v) is 4.84. The summed E-state index contributed by atoms with van der Waals surface area (Å²) in [6, 6.07) is 1.05. The van der Waals surface area contributed by atoms with Crippen LogP contribution < -0.4 is 4.90 Å². The van der Waals surface area contributed by atoms with E-state index >= 15 is 0 Å². The molecule has 3 rings (SSSR count). The Morgan fingerprint density at radius 2 is 1.81 bits per heavy atom. The first-order chi connectivity index (χ1) is 12.7. The van der Waals surface area contributed by atoms with E-state index in [1.807, 2.05) is 36.6 Å². The lowest BCUT2D eigenvalue weighted by molar-refractivity contribution is -0.141. The number of nitrogens with zero attached hydrogens (tertiary/aromatic N) is 6. The standard InChI is InChI=1S/C18H25F3N6/c1-13(2)14-12-15(18(19,20)21)24-17(23-14)27-10-8-26(9-11-27)6-4-16-22-5-7-25(16)3/h5,7,12-13H,4,6,8-11H2,1-3H3. The van der Waals surface area contributed by atoms with Crippen LogP contribution in [0.15, 0.2) is 18.5 Å². The molecule has 0 unspecified atom stereocenters. The van der Waals surface area contributed by atoms with Gasteiger partial charge in [0, 0.05) is 64.3 Å². The predicted molar refractivity (Wildman–Crippen MR) is 96.7 cm³/mol. The minimum atomic E-state index is -4.47. The zero-order valence-electron chi connectivity index (χ0n) is 15.9. The Morgan fingerprint density at radius 1 is 1.11 bits per heavy atom. The summed E-state index contributed by atoms with van der Waals surface area (Å²) in [5, 5.41) is 0. The van der Waals surface area contributed by atoms with Gasteiger partial charge in [-0.15, -0.1) is 0 Å². The highest BCUT2D eigenvalue weighted by Gasteiger charge is 2.34. The Morgan fingerprint density at radius 3 is 2.37 bits per heavy atom. The summed E-state index contributed by atoms with van der Waals surface area (Å²) in [7, 11) is 1.97. The van der Waals surface area contributed by atoms with Gasteiger partial charge in [-0.1, -0.05) is 13.8 Å². The van der Waals surface area contributed by atoms with Crippen LogP contribution in [-0.2, 0) is 19.6 Å². The molecular weight excluding hydrogens is 357 g/mol. The van der Waals surface area contributed by atoms with Crippen molar-refractivity contribution in [1.29, 1.82) is 0 Å². The number of aryl methyl sites for hydroxylation is 1. The minimum Gasteiger partial charge on any atom is -0.338 e. The second-order valence-corrected chi connectivity index (χ2v) is 7.16. The molecule has 9 heteroatoms. The number of alkyl halides is 3. The van der Waals surface area contributed by atoms with E-state index in [1.165, 1.54) is 0 Å². The van der Waals surface area contributed by atoms with Gasteiger partial charge in [0.05, 0.1) is 0 Å². The van der Waals surface area contributed by atoms with Crippen LogP contribution in [0.3, 0.4) is 0 Å². The summed E-state index contributed by atoms with van der Waals surface area (Å²) >= 11 is 0. The van der Waals surface area contributed by atoms with Gasteiger partial charge in [0.2, 0.25) is 5.95 Å². The molecule has 27 heavy (non-hydrogen) atoms. The molecule has 0 saturated carbocycles. The molecule has 0 amide bonds. The average Bonchev–Trinajstić information content (AvgIpc) is 3.04. The highest BCUT2D eigenvalue weighted by molar-refractivity contribution is 5.35. The number of aromatic nitrogens is 4. The predicted octanol–water partition coefficient (Wildman–Crippen LogP) is 2.72. The number of imidazole rings is 1. The van der Waals surface area contributed by atoms with Crippen LogP contribution in [0.4, 0.5) is 19.1 Å². The first-order valence-corrected chi connectivity index (χ1v) is 9.13. The van der Waals surface area contributed by atoms with Crippen molar-refractivity contribution in [2.45, 2.75) is 32.4 Å². The lowest BCUT2D eigenvalue weighted by Gasteiger charge is -2.35. The van der Waals surface area contributed by atoms with E-state index < -0.39 is 11.9 Å². The molecule has 0 aromatic carbocycles. The van der Waals surface area contributed by atoms with Crippen molar-refractivity contribution in [1.82, 2.24) is 24.4 Å². The molecule has 1 fully saturated rings. The minimum absolute atomic E-state index is 0.0908. The fourth-order valence-corrected chi connectivity index (χ4v) is 3.10. The Bertz CT molecular complexity index is 763. The summed E-state index contributed by atoms with van der Waals surface area (Å²) in [5.41, 5.74) is -0.446. The highest BCUT2D eigenvalue weighted by Crippen LogP contribution is 2.30. The van der Waals surface area contributed by atoms with Gasteiger partial charge in [0.25, 0.3) is 0 Å². The summed E-state index contributed by atoms with van der Waals surface area (Å²) in [6.45, 7) is 7.30. The number of rotatable bonds is 5. The molecule has 2 aromatic rings. The maximum Gasteiger partial charge on any atom is 0.433 e. The Labute approximate surface area is 157 Å². The zero-order chi connectivity index (χ0) is 19.6. The molecule has 0 spiro atoms. The average molecular weight is 382 g/mol. The first kappa shape index (κ1) is 19.6. The molecule has 1 aliphatic heterocycles. The summed E-state index contributed by atoms with van der Waals surface area (Å²) in [5.74, 6) is 1.12. The molecular formula is C18H25F3N6. The molecule has 0 aliphatic carbocycles. The van der Waals surface area contributed by atoms with Crippen molar-refractivity contribution in [3.63, 3.8) is 0 Å². The molecule has 0 radical (unpaired) electrons. The monoisotopic (exact) mass is 382 g/mol. The number of hydrogen-bond donors (Lipinski definition) is 0. The molecule has 0 atom stereocenters. The number of anilines is 1. The smallest absolute Gasteiger partial charge is 0.338 e. The molecule has 0 bridgehead atoms. The van der Waals surface area contributed by atoms with Gasteiger partial charge in [-0.05, 0) is 12.0 Å². The number of piperazine rings is 1. The van der Waals surface area contributed by atoms with Gasteiger partial charge < -0.3 is 9.47 Å². The van der Waals surface area contributed by atoms with Crippen LogP contribution in [0.5, 0.6) is 0 Å². The second kappa shape index (κ2) is 7.84. The van der Waals surface area contributed by atoms with E-state index in [0.29, 0.717) is 18.8 Å². The van der Waals surface area contributed by atoms with Crippen molar-refractivity contribution in [3.8, 4) is 0 Å². The van der Waals surface area contributed by atoms with Crippen LogP contribution >= 0.6 is 0 Å². The summed E-state index contributed by atoms with van der Waals surface area (Å²) < 4.78 is 41.5. The van der Waals surface area contributed by atoms with Crippen LogP contribution in [0, 0.1) is 0 Å². The normalized spacial score (nSPS) is 16.3. The molecule has 148 valence electrons. The Kier molecular flexibility index (Phi) is 5.69. The lowest BCUT2D eigenvalue weighted by Crippen LogP contribution is -2.47. The third kappa shape index (κ3) is 4.77. The van der Waals surface area contributed by atoms with Crippen molar-refractivity contribution in [2.24, 2.45) is 7.05 Å². The van der Waals surface area contributed by atoms with Gasteiger partial charge in [-0.3, -0.25) is 4.90 Å². The van der Waals surface area contributed by atoms with E-state index in [-0.39, 0.29) is 11.9 Å². The van der Waals surface area contributed by atoms with E-state index in [0.717, 1.165) is 37.9 Å². The van der Waals surface area contributed by atoms with Crippen molar-refractivity contribution in [3.05, 3.63) is 35.7 Å². The van der Waals surface area contributed by atoms with Crippen molar-refractivity contribution < 1.29 is 13.2 Å². The van der Waals surface area contributed by atoms with Crippen molar-refractivity contribution in [2.75, 3.05) is 37.6 Å². The Balaban J connectivity index is 1.65. The van der Waals surface area contributed by atoms with Gasteiger partial charge in [-0.2, -0.15) is 13.2 Å². The first-order valence-electron chi connectivity index (χ1n) is 9.13. The molecule has 3 heterocycles. The maximum atomic E-state index is 13.2. The van der Waals surface area contributed by atoms with Gasteiger partial charge in [0.1, 0.15) is 11.5 Å². The van der Waals surface area contributed by atoms with Crippen LogP contribution in [0.2, 0.25) is 0 Å². The van der Waals surface area contributed by atoms with Gasteiger partial charge >= 0.3 is 6.18 Å². The molecule has 1 aliphatic rings. The van der Waals surface area contributed by atoms with Crippen LogP contribution in [-0.4, -0.2) is 57.1 Å². The van der Waals surface area contributed by atoms with E-state index in [2.05, 4.69) is 19.9 Å². The molecule has 0 N–H and O–H groups in total. The van der Waals surface area contributed by atoms with Crippen molar-refractivity contribution >= 4 is 5.95 Å². The maximum absolute atomic E-state index is 13.2. The Hall–Kier alpha value is -2.16. The fraction of sp³-hybridized carbons (Fsp3) is 0.611. The second-order valence-electron chi connectivity index (χ2n) is 7.16. The molecule has 6 nitrogen and oxygen atoms in total. The largest absolute Gasteiger partial charge is 0.433 e. The molecule has 2 aromatic heterocycles. The fourth-order valence-electron chi connectivity index (χ4n) is 3.10. The van der Waals surface area contributed by atoms with Gasteiger partial charge in [0.15, 0.2) is 0 Å². The number of halogens is 3.